The Kier molecular flexibility index (Phi) is 5.09. The Balaban J connectivity index is 1.35. The lowest BCUT2D eigenvalue weighted by Gasteiger charge is -2.27. The van der Waals surface area contributed by atoms with Crippen molar-refractivity contribution in [3.8, 4) is 0 Å². The molecule has 4 heterocycles. The number of hydrogen-bond acceptors (Lipinski definition) is 6. The molecule has 1 aliphatic heterocycles. The van der Waals surface area contributed by atoms with Crippen molar-refractivity contribution in [3.63, 3.8) is 0 Å². The first-order valence-corrected chi connectivity index (χ1v) is 9.05. The Morgan fingerprint density at radius 3 is 2.86 bits per heavy atom. The average Bonchev–Trinajstić information content (AvgIpc) is 3.40. The number of nitrogens with zero attached hydrogens (tertiary/aromatic N) is 6. The molecule has 144 valence electrons. The van der Waals surface area contributed by atoms with E-state index in [9.17, 15) is 9.59 Å². The van der Waals surface area contributed by atoms with Crippen LogP contribution in [0.2, 0.25) is 0 Å². The van der Waals surface area contributed by atoms with Crippen molar-refractivity contribution in [3.05, 3.63) is 59.7 Å². The Morgan fingerprint density at radius 2 is 2.07 bits per heavy atom. The number of rotatable bonds is 6. The number of hydrogen-bond donors (Lipinski definition) is 2. The minimum Gasteiger partial charge on any atom is -0.345 e. The topological polar surface area (TPSA) is 122 Å². The van der Waals surface area contributed by atoms with Crippen LogP contribution in [-0.4, -0.2) is 53.2 Å². The van der Waals surface area contributed by atoms with E-state index >= 15 is 0 Å². The quantitative estimate of drug-likeness (QED) is 0.634. The maximum Gasteiger partial charge on any atom is 0.272 e. The minimum atomic E-state index is -0.240. The molecule has 10 nitrogen and oxygen atoms in total. The summed E-state index contributed by atoms with van der Waals surface area (Å²) >= 11 is 0. The fraction of sp³-hybridized carbons (Fsp3) is 0.333. The highest BCUT2D eigenvalue weighted by Crippen LogP contribution is 2.21. The first kappa shape index (κ1) is 17.8. The van der Waals surface area contributed by atoms with Gasteiger partial charge in [-0.1, -0.05) is 6.07 Å². The van der Waals surface area contributed by atoms with E-state index in [2.05, 4.69) is 30.7 Å². The number of pyridine rings is 1. The van der Waals surface area contributed by atoms with Gasteiger partial charge in [-0.25, -0.2) is 0 Å². The number of aryl methyl sites for hydroxylation is 1. The van der Waals surface area contributed by atoms with E-state index in [4.69, 9.17) is 0 Å². The fourth-order valence-electron chi connectivity index (χ4n) is 3.20. The molecule has 3 aromatic rings. The van der Waals surface area contributed by atoms with Gasteiger partial charge in [0.15, 0.2) is 5.69 Å². The van der Waals surface area contributed by atoms with Crippen LogP contribution >= 0.6 is 0 Å². The molecule has 10 heteroatoms. The number of carbonyl (C=O) groups is 2. The molecular weight excluding hydrogens is 360 g/mol. The Bertz CT molecular complexity index is 951. The SMILES string of the molecule is O=C(NCc1ccccn1)c1n[nH]c2c1CCN(C(=O)CCn1cnnc1)C2. The van der Waals surface area contributed by atoms with Crippen LogP contribution in [0.15, 0.2) is 37.1 Å². The second kappa shape index (κ2) is 7.99. The summed E-state index contributed by atoms with van der Waals surface area (Å²) in [5, 5.41) is 17.4. The Morgan fingerprint density at radius 1 is 1.21 bits per heavy atom. The molecule has 0 atom stereocenters. The van der Waals surface area contributed by atoms with Crippen LogP contribution < -0.4 is 5.32 Å². The van der Waals surface area contributed by atoms with Gasteiger partial charge in [0.25, 0.3) is 5.91 Å². The zero-order chi connectivity index (χ0) is 19.3. The molecule has 0 saturated carbocycles. The molecule has 3 aromatic heterocycles. The maximum atomic E-state index is 12.5. The summed E-state index contributed by atoms with van der Waals surface area (Å²) in [5.74, 6) is -0.189. The molecule has 4 rings (SSSR count). The lowest BCUT2D eigenvalue weighted by Crippen LogP contribution is -2.37. The maximum absolute atomic E-state index is 12.5. The number of amides is 2. The van der Waals surface area contributed by atoms with Crippen LogP contribution in [0.4, 0.5) is 0 Å². The fourth-order valence-corrected chi connectivity index (χ4v) is 3.20. The standard InChI is InChI=1S/C18H20N8O2/c27-16(5-7-25-11-21-22-12-25)26-8-4-14-15(10-26)23-24-17(14)18(28)20-9-13-3-1-2-6-19-13/h1-3,6,11-12H,4-5,7-10H2,(H,20,28)(H,23,24). The molecule has 1 aliphatic rings. The molecule has 2 N–H and O–H groups in total. The van der Waals surface area contributed by atoms with E-state index in [-0.39, 0.29) is 11.8 Å². The molecule has 2 amide bonds. The van der Waals surface area contributed by atoms with Crippen molar-refractivity contribution < 1.29 is 9.59 Å². The molecule has 0 unspecified atom stereocenters. The van der Waals surface area contributed by atoms with Gasteiger partial charge in [-0.2, -0.15) is 5.10 Å². The number of nitrogens with one attached hydrogen (secondary N) is 2. The van der Waals surface area contributed by atoms with Crippen molar-refractivity contribution >= 4 is 11.8 Å². The van der Waals surface area contributed by atoms with Crippen LogP contribution in [0.5, 0.6) is 0 Å². The zero-order valence-corrected chi connectivity index (χ0v) is 15.2. The Hall–Kier alpha value is -3.56. The molecule has 28 heavy (non-hydrogen) atoms. The molecule has 0 bridgehead atoms. The van der Waals surface area contributed by atoms with Crippen molar-refractivity contribution in [2.24, 2.45) is 0 Å². The summed E-state index contributed by atoms with van der Waals surface area (Å²) in [6.07, 6.45) is 5.83. The number of H-pyrrole nitrogens is 1. The summed E-state index contributed by atoms with van der Waals surface area (Å²) in [6.45, 7) is 1.87. The molecule has 0 aromatic carbocycles. The predicted octanol–water partition coefficient (Wildman–Crippen LogP) is 0.301. The summed E-state index contributed by atoms with van der Waals surface area (Å²) in [7, 11) is 0. The van der Waals surface area contributed by atoms with Crippen LogP contribution in [0.3, 0.4) is 0 Å². The molecule has 0 radical (unpaired) electrons. The van der Waals surface area contributed by atoms with Crippen molar-refractivity contribution in [2.45, 2.75) is 32.5 Å². The van der Waals surface area contributed by atoms with Crippen LogP contribution in [0.25, 0.3) is 0 Å². The second-order valence-corrected chi connectivity index (χ2v) is 6.55. The van der Waals surface area contributed by atoms with Crippen LogP contribution in [-0.2, 0) is 30.8 Å². The van der Waals surface area contributed by atoms with Gasteiger partial charge in [0.2, 0.25) is 5.91 Å². The zero-order valence-electron chi connectivity index (χ0n) is 15.2. The van der Waals surface area contributed by atoms with E-state index in [1.807, 2.05) is 18.2 Å². The molecule has 0 aliphatic carbocycles. The summed E-state index contributed by atoms with van der Waals surface area (Å²) in [6, 6.07) is 5.55. The van der Waals surface area contributed by atoms with E-state index in [1.54, 1.807) is 28.3 Å². The van der Waals surface area contributed by atoms with E-state index in [0.717, 1.165) is 17.0 Å². The normalized spacial score (nSPS) is 13.2. The Labute approximate surface area is 161 Å². The molecular formula is C18H20N8O2. The van der Waals surface area contributed by atoms with E-state index in [0.29, 0.717) is 44.7 Å². The number of carbonyl (C=O) groups excluding carboxylic acids is 2. The van der Waals surface area contributed by atoms with Crippen LogP contribution in [0, 0.1) is 0 Å². The number of aromatic nitrogens is 6. The molecule has 0 saturated heterocycles. The molecule has 0 fully saturated rings. The highest BCUT2D eigenvalue weighted by atomic mass is 16.2. The third-order valence-electron chi connectivity index (χ3n) is 4.71. The van der Waals surface area contributed by atoms with Crippen molar-refractivity contribution in [2.75, 3.05) is 6.54 Å². The smallest absolute Gasteiger partial charge is 0.272 e. The van der Waals surface area contributed by atoms with Crippen molar-refractivity contribution in [1.29, 1.82) is 0 Å². The van der Waals surface area contributed by atoms with Gasteiger partial charge in [-0.05, 0) is 18.6 Å². The van der Waals surface area contributed by atoms with Crippen LogP contribution in [0.1, 0.15) is 33.9 Å². The number of fused-ring (bicyclic) bond motifs is 1. The van der Waals surface area contributed by atoms with Gasteiger partial charge >= 0.3 is 0 Å². The average molecular weight is 380 g/mol. The first-order chi connectivity index (χ1) is 13.7. The largest absolute Gasteiger partial charge is 0.345 e. The third-order valence-corrected chi connectivity index (χ3v) is 4.71. The van der Waals surface area contributed by atoms with Gasteiger partial charge in [-0.15, -0.1) is 10.2 Å². The van der Waals surface area contributed by atoms with Gasteiger partial charge in [0.05, 0.1) is 24.5 Å². The second-order valence-electron chi connectivity index (χ2n) is 6.55. The molecule has 0 spiro atoms. The van der Waals surface area contributed by atoms with Gasteiger partial charge in [-0.3, -0.25) is 19.7 Å². The monoisotopic (exact) mass is 380 g/mol. The van der Waals surface area contributed by atoms with E-state index in [1.165, 1.54) is 0 Å². The van der Waals surface area contributed by atoms with E-state index < -0.39 is 0 Å². The van der Waals surface area contributed by atoms with Gasteiger partial charge in [0, 0.05) is 31.3 Å². The predicted molar refractivity (Wildman–Crippen MR) is 97.8 cm³/mol. The lowest BCUT2D eigenvalue weighted by molar-refractivity contribution is -0.132. The van der Waals surface area contributed by atoms with Gasteiger partial charge in [0.1, 0.15) is 12.7 Å². The minimum absolute atomic E-state index is 0.0510. The van der Waals surface area contributed by atoms with Gasteiger partial charge < -0.3 is 14.8 Å². The first-order valence-electron chi connectivity index (χ1n) is 9.05. The highest BCUT2D eigenvalue weighted by molar-refractivity contribution is 5.94. The lowest BCUT2D eigenvalue weighted by atomic mass is 10.0. The summed E-state index contributed by atoms with van der Waals surface area (Å²) in [4.78, 5) is 30.9. The third kappa shape index (κ3) is 3.90. The highest BCUT2D eigenvalue weighted by Gasteiger charge is 2.27. The summed E-state index contributed by atoms with van der Waals surface area (Å²) in [5.41, 5.74) is 2.86. The number of aromatic amines is 1. The van der Waals surface area contributed by atoms with Crippen molar-refractivity contribution in [1.82, 2.24) is 40.2 Å². The summed E-state index contributed by atoms with van der Waals surface area (Å²) < 4.78 is 1.77.